The van der Waals surface area contributed by atoms with Gasteiger partial charge >= 0.3 is 0 Å². The van der Waals surface area contributed by atoms with Crippen LogP contribution in [-0.4, -0.2) is 0 Å². The lowest BCUT2D eigenvalue weighted by Crippen LogP contribution is -2.11. The standard InChI is InChI=1S/C12H10BrCl2NS/c1-6-3-2-4-7(10(6)15)11(16)9-5-8(14)12(13)17-9/h2-5,11H,16H2,1H3. The van der Waals surface area contributed by atoms with Crippen molar-refractivity contribution in [2.24, 2.45) is 5.73 Å². The van der Waals surface area contributed by atoms with Crippen LogP contribution in [0.1, 0.15) is 22.0 Å². The molecule has 0 saturated carbocycles. The molecule has 2 N–H and O–H groups in total. The van der Waals surface area contributed by atoms with Crippen molar-refractivity contribution in [2.45, 2.75) is 13.0 Å². The molecule has 0 bridgehead atoms. The molecule has 0 spiro atoms. The predicted molar refractivity (Wildman–Crippen MR) is 79.2 cm³/mol. The molecular weight excluding hydrogens is 341 g/mol. The summed E-state index contributed by atoms with van der Waals surface area (Å²) in [7, 11) is 0. The molecule has 5 heteroatoms. The lowest BCUT2D eigenvalue weighted by atomic mass is 10.0. The largest absolute Gasteiger partial charge is 0.320 e. The monoisotopic (exact) mass is 349 g/mol. The molecule has 0 aliphatic heterocycles. The second kappa shape index (κ2) is 5.29. The van der Waals surface area contributed by atoms with Crippen molar-refractivity contribution in [3.05, 3.63) is 54.1 Å². The van der Waals surface area contributed by atoms with Crippen molar-refractivity contribution < 1.29 is 0 Å². The first-order chi connectivity index (χ1) is 8.00. The van der Waals surface area contributed by atoms with Crippen molar-refractivity contribution >= 4 is 50.5 Å². The van der Waals surface area contributed by atoms with Crippen LogP contribution in [0.15, 0.2) is 28.1 Å². The predicted octanol–water partition coefficient (Wildman–Crippen LogP) is 5.17. The van der Waals surface area contributed by atoms with Crippen LogP contribution in [-0.2, 0) is 0 Å². The summed E-state index contributed by atoms with van der Waals surface area (Å²) in [5.74, 6) is 0. The maximum absolute atomic E-state index is 6.26. The summed E-state index contributed by atoms with van der Waals surface area (Å²) in [5.41, 5.74) is 8.17. The lowest BCUT2D eigenvalue weighted by molar-refractivity contribution is 0.892. The Morgan fingerprint density at radius 3 is 2.65 bits per heavy atom. The van der Waals surface area contributed by atoms with Gasteiger partial charge in [-0.3, -0.25) is 0 Å². The third-order valence-corrected chi connectivity index (χ3v) is 5.60. The van der Waals surface area contributed by atoms with Gasteiger partial charge in [0.2, 0.25) is 0 Å². The highest BCUT2D eigenvalue weighted by Gasteiger charge is 2.17. The van der Waals surface area contributed by atoms with Crippen LogP contribution in [0.3, 0.4) is 0 Å². The molecule has 1 aromatic carbocycles. The lowest BCUT2D eigenvalue weighted by Gasteiger charge is -2.13. The molecule has 1 aromatic heterocycles. The van der Waals surface area contributed by atoms with Crippen LogP contribution in [0.4, 0.5) is 0 Å². The molecule has 1 nitrogen and oxygen atoms in total. The molecule has 0 saturated heterocycles. The molecule has 17 heavy (non-hydrogen) atoms. The van der Waals surface area contributed by atoms with Gasteiger partial charge in [-0.05, 0) is 40.0 Å². The van der Waals surface area contributed by atoms with E-state index in [1.54, 1.807) is 0 Å². The van der Waals surface area contributed by atoms with E-state index < -0.39 is 0 Å². The second-order valence-electron chi connectivity index (χ2n) is 3.73. The van der Waals surface area contributed by atoms with Crippen LogP contribution in [0.5, 0.6) is 0 Å². The Morgan fingerprint density at radius 1 is 1.35 bits per heavy atom. The number of thiophene rings is 1. The summed E-state index contributed by atoms with van der Waals surface area (Å²) in [6, 6.07) is 7.51. The molecule has 0 radical (unpaired) electrons. The molecule has 0 amide bonds. The number of aryl methyl sites for hydroxylation is 1. The average molecular weight is 351 g/mol. The van der Waals surface area contributed by atoms with E-state index >= 15 is 0 Å². The number of rotatable bonds is 2. The Balaban J connectivity index is 2.43. The van der Waals surface area contributed by atoms with Gasteiger partial charge in [0.05, 0.1) is 14.9 Å². The normalized spacial score (nSPS) is 12.8. The molecule has 1 unspecified atom stereocenters. The molecule has 2 aromatic rings. The minimum absolute atomic E-state index is 0.240. The van der Waals surface area contributed by atoms with E-state index in [9.17, 15) is 0 Å². The van der Waals surface area contributed by atoms with Crippen LogP contribution in [0.2, 0.25) is 10.0 Å². The minimum atomic E-state index is -0.240. The Kier molecular flexibility index (Phi) is 4.16. The van der Waals surface area contributed by atoms with Crippen LogP contribution >= 0.6 is 50.5 Å². The Bertz CT molecular complexity index is 534. The summed E-state index contributed by atoms with van der Waals surface area (Å²) in [5, 5.41) is 1.41. The van der Waals surface area contributed by atoms with Gasteiger partial charge in [-0.15, -0.1) is 11.3 Å². The molecule has 0 fully saturated rings. The Hall–Kier alpha value is -0.0600. The van der Waals surface area contributed by atoms with E-state index in [0.717, 1.165) is 24.8 Å². The van der Waals surface area contributed by atoms with Crippen molar-refractivity contribution in [3.8, 4) is 0 Å². The highest BCUT2D eigenvalue weighted by Crippen LogP contribution is 2.38. The average Bonchev–Trinajstić information content (AvgIpc) is 2.62. The number of hydrogen-bond acceptors (Lipinski definition) is 2. The van der Waals surface area contributed by atoms with Gasteiger partial charge < -0.3 is 5.73 Å². The molecule has 90 valence electrons. The molecule has 0 aliphatic carbocycles. The van der Waals surface area contributed by atoms with E-state index in [4.69, 9.17) is 28.9 Å². The first kappa shape index (κ1) is 13.4. The zero-order chi connectivity index (χ0) is 12.6. The van der Waals surface area contributed by atoms with E-state index in [1.165, 1.54) is 11.3 Å². The fraction of sp³-hybridized carbons (Fsp3) is 0.167. The SMILES string of the molecule is Cc1cccc(C(N)c2cc(Cl)c(Br)s2)c1Cl. The van der Waals surface area contributed by atoms with Gasteiger partial charge in [-0.25, -0.2) is 0 Å². The summed E-state index contributed by atoms with van der Waals surface area (Å²) in [6.45, 7) is 1.97. The smallest absolute Gasteiger partial charge is 0.0888 e. The fourth-order valence-electron chi connectivity index (χ4n) is 1.58. The Labute approximate surface area is 123 Å². The summed E-state index contributed by atoms with van der Waals surface area (Å²) >= 11 is 17.2. The Morgan fingerprint density at radius 2 is 2.06 bits per heavy atom. The van der Waals surface area contributed by atoms with E-state index in [2.05, 4.69) is 15.9 Å². The quantitative estimate of drug-likeness (QED) is 0.793. The van der Waals surface area contributed by atoms with Crippen molar-refractivity contribution in [1.82, 2.24) is 0 Å². The van der Waals surface area contributed by atoms with Crippen molar-refractivity contribution in [3.63, 3.8) is 0 Å². The number of hydrogen-bond donors (Lipinski definition) is 1. The second-order valence-corrected chi connectivity index (χ2v) is 6.91. The van der Waals surface area contributed by atoms with Crippen LogP contribution in [0, 0.1) is 6.92 Å². The van der Waals surface area contributed by atoms with E-state index in [0.29, 0.717) is 5.02 Å². The van der Waals surface area contributed by atoms with Gasteiger partial charge in [0, 0.05) is 9.90 Å². The summed E-state index contributed by atoms with van der Waals surface area (Å²) in [6.07, 6.45) is 0. The van der Waals surface area contributed by atoms with Gasteiger partial charge in [0.1, 0.15) is 0 Å². The van der Waals surface area contributed by atoms with Gasteiger partial charge in [0.15, 0.2) is 0 Å². The topological polar surface area (TPSA) is 26.0 Å². The van der Waals surface area contributed by atoms with Crippen LogP contribution in [0.25, 0.3) is 0 Å². The van der Waals surface area contributed by atoms with Gasteiger partial charge in [-0.1, -0.05) is 41.4 Å². The first-order valence-corrected chi connectivity index (χ1v) is 7.32. The maximum atomic E-state index is 6.26. The molecule has 0 aliphatic rings. The highest BCUT2D eigenvalue weighted by atomic mass is 79.9. The number of benzene rings is 1. The van der Waals surface area contributed by atoms with Gasteiger partial charge in [0.25, 0.3) is 0 Å². The van der Waals surface area contributed by atoms with Crippen LogP contribution < -0.4 is 5.73 Å². The third kappa shape index (κ3) is 2.69. The van der Waals surface area contributed by atoms with Gasteiger partial charge in [-0.2, -0.15) is 0 Å². The summed E-state index contributed by atoms with van der Waals surface area (Å²) in [4.78, 5) is 0.995. The fourth-order valence-corrected chi connectivity index (χ4v) is 3.59. The molecular formula is C12H10BrCl2NS. The number of nitrogens with two attached hydrogens (primary N) is 1. The molecule has 1 atom stereocenters. The zero-order valence-electron chi connectivity index (χ0n) is 9.01. The summed E-state index contributed by atoms with van der Waals surface area (Å²) < 4.78 is 0.897. The minimum Gasteiger partial charge on any atom is -0.320 e. The molecule has 1 heterocycles. The first-order valence-electron chi connectivity index (χ1n) is 4.96. The zero-order valence-corrected chi connectivity index (χ0v) is 12.9. The van der Waals surface area contributed by atoms with E-state index in [1.807, 2.05) is 31.2 Å². The van der Waals surface area contributed by atoms with E-state index in [-0.39, 0.29) is 6.04 Å². The van der Waals surface area contributed by atoms with Crippen molar-refractivity contribution in [1.29, 1.82) is 0 Å². The molecule has 2 rings (SSSR count). The number of halogens is 3. The van der Waals surface area contributed by atoms with Crippen molar-refractivity contribution in [2.75, 3.05) is 0 Å². The third-order valence-electron chi connectivity index (χ3n) is 2.53. The highest BCUT2D eigenvalue weighted by molar-refractivity contribution is 9.11. The maximum Gasteiger partial charge on any atom is 0.0888 e.